The summed E-state index contributed by atoms with van der Waals surface area (Å²) in [5.41, 5.74) is 1.24. The molecule has 2 aromatic rings. The van der Waals surface area contributed by atoms with Gasteiger partial charge < -0.3 is 0 Å². The Morgan fingerprint density at radius 1 is 0.957 bits per heavy atom. The first kappa shape index (κ1) is 14.5. The van der Waals surface area contributed by atoms with Crippen molar-refractivity contribution in [1.29, 1.82) is 0 Å². The molecule has 0 saturated heterocycles. The van der Waals surface area contributed by atoms with Gasteiger partial charge in [-0.3, -0.25) is 10.0 Å². The second-order valence-corrected chi connectivity index (χ2v) is 6.49. The van der Waals surface area contributed by atoms with E-state index >= 15 is 0 Å². The first-order valence-corrected chi connectivity index (χ1v) is 8.54. The maximum absolute atomic E-state index is 5.04. The smallest absolute Gasteiger partial charge is 0.161 e. The second kappa shape index (κ2) is 6.17. The highest BCUT2D eigenvalue weighted by Crippen LogP contribution is 2.30. The van der Waals surface area contributed by atoms with Gasteiger partial charge in [0.2, 0.25) is 0 Å². The fourth-order valence-corrected chi connectivity index (χ4v) is 3.70. The van der Waals surface area contributed by atoms with Gasteiger partial charge in [0.25, 0.3) is 0 Å². The van der Waals surface area contributed by atoms with Crippen molar-refractivity contribution >= 4 is 6.20 Å². The first-order valence-electron chi connectivity index (χ1n) is 8.54. The molecule has 2 aromatic carbocycles. The van der Waals surface area contributed by atoms with Crippen LogP contribution in [0, 0.1) is 0 Å². The quantitative estimate of drug-likeness (QED) is 0.868. The number of nitrogens with zero attached hydrogens (tertiary/aromatic N) is 3. The van der Waals surface area contributed by atoms with Crippen molar-refractivity contribution in [1.82, 2.24) is 10.0 Å². The highest BCUT2D eigenvalue weighted by molar-refractivity contribution is 5.29. The summed E-state index contributed by atoms with van der Waals surface area (Å²) in [6, 6.07) is 19.6. The molecule has 2 aliphatic rings. The Hall–Kier alpha value is -2.13. The van der Waals surface area contributed by atoms with E-state index in [0.717, 1.165) is 5.36 Å². The maximum atomic E-state index is 5.04. The van der Waals surface area contributed by atoms with Crippen LogP contribution in [0.15, 0.2) is 59.6 Å². The summed E-state index contributed by atoms with van der Waals surface area (Å²) >= 11 is 0. The zero-order valence-electron chi connectivity index (χ0n) is 13.6. The van der Waals surface area contributed by atoms with Gasteiger partial charge in [-0.2, -0.15) is 0 Å². The second-order valence-electron chi connectivity index (χ2n) is 6.49. The molecule has 23 heavy (non-hydrogen) atoms. The average molecular weight is 305 g/mol. The summed E-state index contributed by atoms with van der Waals surface area (Å²) in [5.74, 6) is 0. The third-order valence-electron chi connectivity index (χ3n) is 5.04. The zero-order valence-corrected chi connectivity index (χ0v) is 13.6. The molecule has 0 aromatic heterocycles. The molecule has 0 spiro atoms. The lowest BCUT2D eigenvalue weighted by atomic mass is 10.1. The number of benzene rings is 2. The summed E-state index contributed by atoms with van der Waals surface area (Å²) in [5, 5.41) is 7.01. The molecule has 0 bridgehead atoms. The number of hydrogen-bond donors (Lipinski definition) is 0. The summed E-state index contributed by atoms with van der Waals surface area (Å²) < 4.78 is 0. The van der Waals surface area contributed by atoms with Crippen LogP contribution in [-0.4, -0.2) is 23.1 Å². The lowest BCUT2D eigenvalue weighted by Crippen LogP contribution is -2.48. The minimum absolute atomic E-state index is 0.0247. The number of fused-ring (bicyclic) bond motifs is 1. The van der Waals surface area contributed by atoms with Crippen molar-refractivity contribution in [3.63, 3.8) is 0 Å². The van der Waals surface area contributed by atoms with E-state index in [9.17, 15) is 0 Å². The molecule has 0 radical (unpaired) electrons. The van der Waals surface area contributed by atoms with Crippen molar-refractivity contribution in [2.75, 3.05) is 7.05 Å². The van der Waals surface area contributed by atoms with E-state index in [1.54, 1.807) is 0 Å². The fraction of sp³-hybridized carbons (Fsp3) is 0.350. The van der Waals surface area contributed by atoms with Crippen LogP contribution in [0.25, 0.3) is 6.20 Å². The number of rotatable bonds is 3. The molecule has 3 nitrogen and oxygen atoms in total. The molecule has 118 valence electrons. The molecule has 4 rings (SSSR count). The molecular formula is C20H23N3. The highest BCUT2D eigenvalue weighted by atomic mass is 15.6. The third-order valence-corrected chi connectivity index (χ3v) is 5.04. The van der Waals surface area contributed by atoms with E-state index in [-0.39, 0.29) is 6.17 Å². The lowest BCUT2D eigenvalue weighted by Gasteiger charge is -2.40. The predicted molar refractivity (Wildman–Crippen MR) is 92.7 cm³/mol. The summed E-state index contributed by atoms with van der Waals surface area (Å²) in [6.07, 6.45) is 7.53. The fourth-order valence-electron chi connectivity index (χ4n) is 3.70. The standard InChI is InChI=1S/C20H23N3/c1-22(18-12-6-7-13-18)23-15-17-11-5-8-14-19(17)21-20(23)16-9-3-2-4-10-16/h2-5,8-11,14-15,18,20H,6-7,12-13H2,1H3. The maximum Gasteiger partial charge on any atom is 0.161 e. The van der Waals surface area contributed by atoms with Crippen LogP contribution in [0.5, 0.6) is 0 Å². The van der Waals surface area contributed by atoms with Crippen molar-refractivity contribution in [2.45, 2.75) is 37.9 Å². The monoisotopic (exact) mass is 305 g/mol. The van der Waals surface area contributed by atoms with Crippen LogP contribution < -0.4 is 10.6 Å². The number of hydrazine groups is 1. The van der Waals surface area contributed by atoms with Gasteiger partial charge in [0.1, 0.15) is 0 Å². The van der Waals surface area contributed by atoms with Crippen LogP contribution in [0.2, 0.25) is 0 Å². The topological polar surface area (TPSA) is 18.8 Å². The van der Waals surface area contributed by atoms with Gasteiger partial charge in [-0.05, 0) is 24.5 Å². The molecule has 1 fully saturated rings. The van der Waals surface area contributed by atoms with Gasteiger partial charge in [0, 0.05) is 24.5 Å². The Morgan fingerprint density at radius 3 is 2.43 bits per heavy atom. The van der Waals surface area contributed by atoms with Gasteiger partial charge in [-0.1, -0.05) is 61.4 Å². The molecule has 0 amide bonds. The van der Waals surface area contributed by atoms with Crippen molar-refractivity contribution < 1.29 is 0 Å². The molecule has 1 aliphatic heterocycles. The minimum atomic E-state index is 0.0247. The number of para-hydroxylation sites is 1. The van der Waals surface area contributed by atoms with Crippen molar-refractivity contribution in [3.05, 3.63) is 70.7 Å². The van der Waals surface area contributed by atoms with E-state index in [2.05, 4.69) is 77.9 Å². The van der Waals surface area contributed by atoms with Crippen molar-refractivity contribution in [2.24, 2.45) is 4.99 Å². The van der Waals surface area contributed by atoms with Crippen LogP contribution in [0.1, 0.15) is 37.4 Å². The Labute approximate surface area is 137 Å². The van der Waals surface area contributed by atoms with E-state index < -0.39 is 0 Å². The molecule has 1 heterocycles. The average Bonchev–Trinajstić information content (AvgIpc) is 3.15. The van der Waals surface area contributed by atoms with Gasteiger partial charge in [-0.15, -0.1) is 0 Å². The Morgan fingerprint density at radius 2 is 1.65 bits per heavy atom. The van der Waals surface area contributed by atoms with Gasteiger partial charge >= 0.3 is 0 Å². The largest absolute Gasteiger partial charge is 0.284 e. The number of hydrogen-bond acceptors (Lipinski definition) is 3. The highest BCUT2D eigenvalue weighted by Gasteiger charge is 2.29. The Balaban J connectivity index is 1.78. The minimum Gasteiger partial charge on any atom is -0.284 e. The van der Waals surface area contributed by atoms with E-state index in [1.165, 1.54) is 36.5 Å². The Bertz CT molecular complexity index is 778. The van der Waals surface area contributed by atoms with Crippen molar-refractivity contribution in [3.8, 4) is 0 Å². The van der Waals surface area contributed by atoms with Gasteiger partial charge in [0.15, 0.2) is 6.17 Å². The predicted octanol–water partition coefficient (Wildman–Crippen LogP) is 2.85. The lowest BCUT2D eigenvalue weighted by molar-refractivity contribution is -0.0107. The molecule has 1 aliphatic carbocycles. The first-order chi connectivity index (χ1) is 11.3. The van der Waals surface area contributed by atoms with Crippen LogP contribution in [-0.2, 0) is 0 Å². The van der Waals surface area contributed by atoms with Gasteiger partial charge in [0.05, 0.1) is 5.36 Å². The van der Waals surface area contributed by atoms with Crippen LogP contribution >= 0.6 is 0 Å². The molecular weight excluding hydrogens is 282 g/mol. The normalized spacial score (nSPS) is 21.0. The summed E-state index contributed by atoms with van der Waals surface area (Å²) in [4.78, 5) is 5.04. The van der Waals surface area contributed by atoms with E-state index in [0.29, 0.717) is 6.04 Å². The molecule has 0 N–H and O–H groups in total. The Kier molecular flexibility index (Phi) is 3.88. The molecule has 3 heteroatoms. The van der Waals surface area contributed by atoms with Crippen LogP contribution in [0.4, 0.5) is 0 Å². The van der Waals surface area contributed by atoms with E-state index in [1.807, 2.05) is 0 Å². The molecule has 1 atom stereocenters. The van der Waals surface area contributed by atoms with Gasteiger partial charge in [-0.25, -0.2) is 5.01 Å². The van der Waals surface area contributed by atoms with Crippen LogP contribution in [0.3, 0.4) is 0 Å². The summed E-state index contributed by atoms with van der Waals surface area (Å²) in [7, 11) is 2.21. The van der Waals surface area contributed by atoms with E-state index in [4.69, 9.17) is 4.99 Å². The third kappa shape index (κ3) is 2.77. The molecule has 1 unspecified atom stereocenters. The SMILES string of the molecule is CN(C1CCCC1)N1C=c2ccccc2=NC1c1ccccc1. The molecule has 1 saturated carbocycles. The summed E-state index contributed by atoms with van der Waals surface area (Å²) in [6.45, 7) is 0. The zero-order chi connectivity index (χ0) is 15.6.